The lowest BCUT2D eigenvalue weighted by Gasteiger charge is -2.03. The van der Waals surface area contributed by atoms with Crippen LogP contribution in [0.3, 0.4) is 0 Å². The van der Waals surface area contributed by atoms with Crippen molar-refractivity contribution in [3.05, 3.63) is 53.0 Å². The summed E-state index contributed by atoms with van der Waals surface area (Å²) in [6, 6.07) is 5.53. The van der Waals surface area contributed by atoms with Gasteiger partial charge in [0.2, 0.25) is 0 Å². The maximum Gasteiger partial charge on any atom is 0.275 e. The van der Waals surface area contributed by atoms with Crippen molar-refractivity contribution in [3.8, 4) is 16.6 Å². The van der Waals surface area contributed by atoms with Crippen molar-refractivity contribution in [3.63, 3.8) is 0 Å². The van der Waals surface area contributed by atoms with Crippen LogP contribution in [0, 0.1) is 17.1 Å². The average molecular weight is 327 g/mol. The number of hydrogen-bond donors (Lipinski definition) is 1. The van der Waals surface area contributed by atoms with E-state index in [1.807, 2.05) is 0 Å². The Bertz CT molecular complexity index is 924. The van der Waals surface area contributed by atoms with Gasteiger partial charge < -0.3 is 5.32 Å². The van der Waals surface area contributed by atoms with Gasteiger partial charge in [-0.1, -0.05) is 0 Å². The Labute approximate surface area is 134 Å². The van der Waals surface area contributed by atoms with Crippen molar-refractivity contribution in [2.45, 2.75) is 0 Å². The fourth-order valence-electron chi connectivity index (χ4n) is 1.93. The van der Waals surface area contributed by atoms with Crippen molar-refractivity contribution in [2.24, 2.45) is 7.05 Å². The highest BCUT2D eigenvalue weighted by Crippen LogP contribution is 2.23. The monoisotopic (exact) mass is 327 g/mol. The molecule has 1 aromatic carbocycles. The standard InChI is InChI=1S/C15H10FN5OS/c1-21-7-10(6-18-21)15-20-13(8-23-15)14(22)19-11-2-3-12(16)9(4-11)5-17/h2-4,6-8H,1H3,(H,19,22). The van der Waals surface area contributed by atoms with E-state index in [1.54, 1.807) is 35.6 Å². The number of halogens is 1. The molecule has 0 atom stereocenters. The third-order valence-corrected chi connectivity index (χ3v) is 3.92. The molecule has 8 heteroatoms. The third kappa shape index (κ3) is 3.09. The number of aromatic nitrogens is 3. The van der Waals surface area contributed by atoms with Crippen molar-refractivity contribution >= 4 is 22.9 Å². The van der Waals surface area contributed by atoms with Crippen molar-refractivity contribution in [1.82, 2.24) is 14.8 Å². The molecule has 2 heterocycles. The first-order valence-corrected chi connectivity index (χ1v) is 7.40. The van der Waals surface area contributed by atoms with Gasteiger partial charge in [-0.05, 0) is 18.2 Å². The maximum atomic E-state index is 13.3. The number of carbonyl (C=O) groups is 1. The smallest absolute Gasteiger partial charge is 0.275 e. The predicted molar refractivity (Wildman–Crippen MR) is 83.4 cm³/mol. The summed E-state index contributed by atoms with van der Waals surface area (Å²) >= 11 is 1.33. The van der Waals surface area contributed by atoms with Gasteiger partial charge in [0.25, 0.3) is 5.91 Å². The number of aryl methyl sites for hydroxylation is 1. The van der Waals surface area contributed by atoms with Crippen LogP contribution >= 0.6 is 11.3 Å². The number of thiazole rings is 1. The summed E-state index contributed by atoms with van der Waals surface area (Å²) in [5, 5.41) is 17.8. The van der Waals surface area contributed by atoms with Crippen LogP contribution in [-0.4, -0.2) is 20.7 Å². The second-order valence-electron chi connectivity index (χ2n) is 4.70. The summed E-state index contributed by atoms with van der Waals surface area (Å²) in [5.41, 5.74) is 1.28. The molecule has 2 aromatic heterocycles. The Morgan fingerprint density at radius 3 is 3.00 bits per heavy atom. The van der Waals surface area contributed by atoms with E-state index in [4.69, 9.17) is 5.26 Å². The highest BCUT2D eigenvalue weighted by atomic mass is 32.1. The van der Waals surface area contributed by atoms with E-state index in [0.717, 1.165) is 11.6 Å². The van der Waals surface area contributed by atoms with Crippen LogP contribution in [0.5, 0.6) is 0 Å². The highest BCUT2D eigenvalue weighted by molar-refractivity contribution is 7.13. The third-order valence-electron chi connectivity index (χ3n) is 3.03. The van der Waals surface area contributed by atoms with E-state index in [-0.39, 0.29) is 11.3 Å². The summed E-state index contributed by atoms with van der Waals surface area (Å²) in [6.07, 6.45) is 3.47. The Kier molecular flexibility index (Phi) is 3.87. The number of nitrogens with zero attached hydrogens (tertiary/aromatic N) is 4. The molecule has 114 valence electrons. The van der Waals surface area contributed by atoms with Gasteiger partial charge >= 0.3 is 0 Å². The van der Waals surface area contributed by atoms with Gasteiger partial charge in [-0.3, -0.25) is 9.48 Å². The van der Waals surface area contributed by atoms with E-state index in [1.165, 1.54) is 23.5 Å². The van der Waals surface area contributed by atoms with Gasteiger partial charge in [0.05, 0.1) is 11.8 Å². The van der Waals surface area contributed by atoms with Gasteiger partial charge in [0.15, 0.2) is 0 Å². The number of nitrogens with one attached hydrogen (secondary N) is 1. The fraction of sp³-hybridized carbons (Fsp3) is 0.0667. The molecule has 0 radical (unpaired) electrons. The average Bonchev–Trinajstić information content (AvgIpc) is 3.18. The van der Waals surface area contributed by atoms with E-state index in [9.17, 15) is 9.18 Å². The van der Waals surface area contributed by atoms with Crippen molar-refractivity contribution in [1.29, 1.82) is 5.26 Å². The Hall–Kier alpha value is -3.05. The molecular formula is C15H10FN5OS. The Morgan fingerprint density at radius 1 is 1.48 bits per heavy atom. The summed E-state index contributed by atoms with van der Waals surface area (Å²) < 4.78 is 14.9. The minimum absolute atomic E-state index is 0.128. The zero-order chi connectivity index (χ0) is 16.4. The molecule has 0 bridgehead atoms. The lowest BCUT2D eigenvalue weighted by molar-refractivity contribution is 0.102. The van der Waals surface area contributed by atoms with Crippen LogP contribution in [0.25, 0.3) is 10.6 Å². The SMILES string of the molecule is Cn1cc(-c2nc(C(=O)Nc3ccc(F)c(C#N)c3)cs2)cn1. The van der Waals surface area contributed by atoms with Crippen LogP contribution in [0.15, 0.2) is 36.0 Å². The highest BCUT2D eigenvalue weighted by Gasteiger charge is 2.14. The number of rotatable bonds is 3. The number of hydrogen-bond acceptors (Lipinski definition) is 5. The molecule has 0 aliphatic heterocycles. The first kappa shape index (κ1) is 14.9. The number of anilines is 1. The number of amides is 1. The first-order valence-electron chi connectivity index (χ1n) is 6.52. The molecule has 23 heavy (non-hydrogen) atoms. The molecule has 6 nitrogen and oxygen atoms in total. The molecule has 0 unspecified atom stereocenters. The minimum Gasteiger partial charge on any atom is -0.321 e. The van der Waals surface area contributed by atoms with Gasteiger partial charge in [-0.25, -0.2) is 9.37 Å². The van der Waals surface area contributed by atoms with Crippen LogP contribution in [0.4, 0.5) is 10.1 Å². The van der Waals surface area contributed by atoms with E-state index in [0.29, 0.717) is 10.7 Å². The second-order valence-corrected chi connectivity index (χ2v) is 5.56. The van der Waals surface area contributed by atoms with E-state index < -0.39 is 11.7 Å². The van der Waals surface area contributed by atoms with Gasteiger partial charge in [0, 0.05) is 29.9 Å². The largest absolute Gasteiger partial charge is 0.321 e. The molecule has 0 aliphatic rings. The summed E-state index contributed by atoms with van der Waals surface area (Å²) in [5.74, 6) is -1.05. The summed E-state index contributed by atoms with van der Waals surface area (Å²) in [6.45, 7) is 0. The molecule has 1 amide bonds. The molecular weight excluding hydrogens is 317 g/mol. The molecule has 0 fully saturated rings. The first-order chi connectivity index (χ1) is 11.1. The molecule has 0 saturated heterocycles. The molecule has 0 spiro atoms. The minimum atomic E-state index is -0.627. The number of nitriles is 1. The lowest BCUT2D eigenvalue weighted by Crippen LogP contribution is -2.12. The van der Waals surface area contributed by atoms with Crippen LogP contribution in [-0.2, 0) is 7.05 Å². The molecule has 3 aromatic rings. The zero-order valence-electron chi connectivity index (χ0n) is 11.9. The van der Waals surface area contributed by atoms with Gasteiger partial charge in [-0.2, -0.15) is 10.4 Å². The maximum absolute atomic E-state index is 13.3. The quantitative estimate of drug-likeness (QED) is 0.802. The van der Waals surface area contributed by atoms with Crippen LogP contribution < -0.4 is 5.32 Å². The topological polar surface area (TPSA) is 83.6 Å². The van der Waals surface area contributed by atoms with Gasteiger partial charge in [0.1, 0.15) is 22.6 Å². The number of benzene rings is 1. The fourth-order valence-corrected chi connectivity index (χ4v) is 2.70. The molecule has 0 aliphatic carbocycles. The molecule has 0 saturated carbocycles. The predicted octanol–water partition coefficient (Wildman–Crippen LogP) is 2.81. The molecule has 3 rings (SSSR count). The molecule has 1 N–H and O–H groups in total. The number of carbonyl (C=O) groups excluding carboxylic acids is 1. The van der Waals surface area contributed by atoms with Gasteiger partial charge in [-0.15, -0.1) is 11.3 Å². The van der Waals surface area contributed by atoms with E-state index >= 15 is 0 Å². The summed E-state index contributed by atoms with van der Waals surface area (Å²) in [4.78, 5) is 16.4. The Morgan fingerprint density at radius 2 is 2.30 bits per heavy atom. The summed E-state index contributed by atoms with van der Waals surface area (Å²) in [7, 11) is 1.80. The van der Waals surface area contributed by atoms with E-state index in [2.05, 4.69) is 15.4 Å². The second kappa shape index (κ2) is 5.98. The van der Waals surface area contributed by atoms with Crippen molar-refractivity contribution < 1.29 is 9.18 Å². The Balaban J connectivity index is 1.79. The van der Waals surface area contributed by atoms with Crippen LogP contribution in [0.2, 0.25) is 0 Å². The zero-order valence-corrected chi connectivity index (χ0v) is 12.8. The van der Waals surface area contributed by atoms with Crippen LogP contribution in [0.1, 0.15) is 16.1 Å². The lowest BCUT2D eigenvalue weighted by atomic mass is 10.2. The normalized spacial score (nSPS) is 10.3. The van der Waals surface area contributed by atoms with Crippen molar-refractivity contribution in [2.75, 3.05) is 5.32 Å².